The predicted molar refractivity (Wildman–Crippen MR) is 141 cm³/mol. The van der Waals surface area contributed by atoms with E-state index < -0.39 is 35.6 Å². The second-order valence-electron chi connectivity index (χ2n) is 10.9. The van der Waals surface area contributed by atoms with E-state index in [0.29, 0.717) is 25.7 Å². The van der Waals surface area contributed by atoms with Crippen molar-refractivity contribution in [2.24, 2.45) is 17.3 Å². The molecule has 2 aliphatic rings. The van der Waals surface area contributed by atoms with Crippen LogP contribution in [0.3, 0.4) is 0 Å². The highest BCUT2D eigenvalue weighted by Crippen LogP contribution is 2.48. The Hall–Kier alpha value is -2.31. The van der Waals surface area contributed by atoms with E-state index in [4.69, 9.17) is 4.74 Å². The van der Waals surface area contributed by atoms with E-state index in [0.717, 1.165) is 37.0 Å². The van der Waals surface area contributed by atoms with E-state index in [1.807, 2.05) is 45.0 Å². The van der Waals surface area contributed by atoms with E-state index in [9.17, 15) is 19.8 Å². The summed E-state index contributed by atoms with van der Waals surface area (Å²) in [7, 11) is 0. The van der Waals surface area contributed by atoms with Gasteiger partial charge in [-0.1, -0.05) is 38.0 Å². The van der Waals surface area contributed by atoms with Crippen molar-refractivity contribution in [1.29, 1.82) is 0 Å². The normalized spacial score (nSPS) is 32.3. The number of aliphatic hydroxyl groups excluding tert-OH is 2. The van der Waals surface area contributed by atoms with Crippen LogP contribution in [0.5, 0.6) is 0 Å². The third kappa shape index (κ3) is 6.71. The van der Waals surface area contributed by atoms with Crippen molar-refractivity contribution < 1.29 is 24.5 Å². The number of aromatic nitrogens is 1. The van der Waals surface area contributed by atoms with Crippen LogP contribution in [0.2, 0.25) is 0 Å². The van der Waals surface area contributed by atoms with Crippen LogP contribution in [0.25, 0.3) is 6.08 Å². The molecule has 0 unspecified atom stereocenters. The molecule has 198 valence electrons. The Labute approximate surface area is 215 Å². The molecule has 1 aliphatic carbocycles. The predicted octanol–water partition coefficient (Wildman–Crippen LogP) is 5.43. The summed E-state index contributed by atoms with van der Waals surface area (Å²) in [5.41, 5.74) is 1.89. The lowest BCUT2D eigenvalue weighted by molar-refractivity contribution is -0.162. The van der Waals surface area contributed by atoms with Crippen LogP contribution >= 0.6 is 0 Å². The van der Waals surface area contributed by atoms with Crippen LogP contribution in [-0.4, -0.2) is 45.3 Å². The third-order valence-electron chi connectivity index (χ3n) is 8.26. The second-order valence-corrected chi connectivity index (χ2v) is 10.9. The molecular weight excluding hydrogens is 454 g/mol. The summed E-state index contributed by atoms with van der Waals surface area (Å²) in [4.78, 5) is 31.1. The highest BCUT2D eigenvalue weighted by molar-refractivity contribution is 5.89. The number of rotatable bonds is 3. The average Bonchev–Trinajstić information content (AvgIpc) is 2.81. The van der Waals surface area contributed by atoms with Crippen LogP contribution in [0.15, 0.2) is 41.6 Å². The van der Waals surface area contributed by atoms with Crippen LogP contribution in [0, 0.1) is 17.3 Å². The molecule has 2 heterocycles. The zero-order valence-corrected chi connectivity index (χ0v) is 22.3. The molecule has 0 aromatic carbocycles. The molecule has 6 heteroatoms. The van der Waals surface area contributed by atoms with E-state index in [2.05, 4.69) is 18.0 Å². The monoisotopic (exact) mass is 497 g/mol. The smallest absolute Gasteiger partial charge is 0.309 e. The Kier molecular flexibility index (Phi) is 10.0. The van der Waals surface area contributed by atoms with Gasteiger partial charge in [0.05, 0.1) is 29.7 Å². The summed E-state index contributed by atoms with van der Waals surface area (Å²) in [5.74, 6) is -1.16. The fourth-order valence-electron chi connectivity index (χ4n) is 5.61. The maximum atomic E-state index is 13.7. The van der Waals surface area contributed by atoms with Gasteiger partial charge < -0.3 is 14.9 Å². The zero-order chi connectivity index (χ0) is 26.3. The standard InChI is InChI=1S/C30H43NO5/c1-5-24-28(34)21(3)11-8-10-20(2)13-14-25(22(4)18-23-12-6-7-17-31-23)36-27(33)19-26(32)30(29(24)35)15-9-16-30/h6-7,12-13,17-18,21,24-26,28,32,34H,5,8-11,14-16,19H2,1-4H3/b20-13-,22-18+/t21-,24+,25-,26-,28-/m0/s1. The maximum Gasteiger partial charge on any atom is 0.309 e. The number of allylic oxidation sites excluding steroid dienone is 1. The van der Waals surface area contributed by atoms with Crippen molar-refractivity contribution in [3.63, 3.8) is 0 Å². The number of ketones is 1. The van der Waals surface area contributed by atoms with Crippen LogP contribution in [0.1, 0.15) is 91.2 Å². The average molecular weight is 498 g/mol. The Balaban J connectivity index is 1.89. The minimum atomic E-state index is -1.12. The first-order chi connectivity index (χ1) is 17.2. The van der Waals surface area contributed by atoms with Gasteiger partial charge in [-0.05, 0) is 82.1 Å². The van der Waals surface area contributed by atoms with Crippen LogP contribution in [0.4, 0.5) is 0 Å². The quantitative estimate of drug-likeness (QED) is 0.427. The number of carbonyl (C=O) groups is 2. The summed E-state index contributed by atoms with van der Waals surface area (Å²) in [6, 6.07) is 5.67. The first-order valence-electron chi connectivity index (χ1n) is 13.5. The molecule has 0 saturated heterocycles. The van der Waals surface area contributed by atoms with E-state index in [1.54, 1.807) is 6.20 Å². The fraction of sp³-hybridized carbons (Fsp3) is 0.633. The summed E-state index contributed by atoms with van der Waals surface area (Å²) >= 11 is 0. The topological polar surface area (TPSA) is 96.7 Å². The minimum Gasteiger partial charge on any atom is -0.457 e. The molecule has 0 radical (unpaired) electrons. The van der Waals surface area contributed by atoms with Gasteiger partial charge in [-0.2, -0.15) is 0 Å². The molecule has 36 heavy (non-hydrogen) atoms. The lowest BCUT2D eigenvalue weighted by Gasteiger charge is -2.46. The van der Waals surface area contributed by atoms with E-state index >= 15 is 0 Å². The number of hydrogen-bond acceptors (Lipinski definition) is 6. The molecule has 3 rings (SSSR count). The number of carbonyl (C=O) groups excluding carboxylic acids is 2. The zero-order valence-electron chi connectivity index (χ0n) is 22.3. The van der Waals surface area contributed by atoms with E-state index in [1.165, 1.54) is 5.57 Å². The highest BCUT2D eigenvalue weighted by atomic mass is 16.5. The van der Waals surface area contributed by atoms with Gasteiger partial charge in [-0.25, -0.2) is 0 Å². The number of Topliss-reactive ketones (excluding diaryl/α,β-unsaturated/α-hetero) is 1. The third-order valence-corrected chi connectivity index (χ3v) is 8.26. The van der Waals surface area contributed by atoms with Gasteiger partial charge in [0.1, 0.15) is 11.9 Å². The Bertz CT molecular complexity index is 949. The van der Waals surface area contributed by atoms with E-state index in [-0.39, 0.29) is 18.1 Å². The van der Waals surface area contributed by atoms with Gasteiger partial charge in [0.15, 0.2) is 0 Å². The van der Waals surface area contributed by atoms with Crippen molar-refractivity contribution in [2.45, 2.75) is 104 Å². The maximum absolute atomic E-state index is 13.7. The summed E-state index contributed by atoms with van der Waals surface area (Å²) in [6.45, 7) is 7.92. The van der Waals surface area contributed by atoms with Crippen molar-refractivity contribution >= 4 is 17.8 Å². The molecular formula is C30H43NO5. The molecule has 1 aromatic rings. The number of pyridine rings is 1. The molecule has 0 amide bonds. The number of hydrogen-bond donors (Lipinski definition) is 2. The van der Waals surface area contributed by atoms with Gasteiger partial charge >= 0.3 is 5.97 Å². The van der Waals surface area contributed by atoms with Gasteiger partial charge in [0.25, 0.3) is 0 Å². The molecule has 1 fully saturated rings. The Morgan fingerprint density at radius 1 is 1.22 bits per heavy atom. The first-order valence-corrected chi connectivity index (χ1v) is 13.5. The van der Waals surface area contributed by atoms with Crippen LogP contribution < -0.4 is 0 Å². The van der Waals surface area contributed by atoms with Crippen molar-refractivity contribution in [3.05, 3.63) is 47.3 Å². The second kappa shape index (κ2) is 12.8. The first kappa shape index (κ1) is 28.3. The molecule has 1 aromatic heterocycles. The summed E-state index contributed by atoms with van der Waals surface area (Å²) in [5, 5.41) is 22.2. The number of cyclic esters (lactones) is 1. The Morgan fingerprint density at radius 2 is 1.97 bits per heavy atom. The molecule has 5 atom stereocenters. The lowest BCUT2D eigenvalue weighted by Crippen LogP contribution is -2.53. The number of nitrogens with zero attached hydrogens (tertiary/aromatic N) is 1. The Morgan fingerprint density at radius 3 is 2.58 bits per heavy atom. The molecule has 6 nitrogen and oxygen atoms in total. The van der Waals surface area contributed by atoms with Gasteiger partial charge in [0, 0.05) is 18.5 Å². The number of ether oxygens (including phenoxy) is 1. The lowest BCUT2D eigenvalue weighted by atomic mass is 9.58. The minimum absolute atomic E-state index is 0.0184. The fourth-order valence-corrected chi connectivity index (χ4v) is 5.61. The largest absolute Gasteiger partial charge is 0.457 e. The van der Waals surface area contributed by atoms with Gasteiger partial charge in [-0.15, -0.1) is 0 Å². The number of aliphatic hydroxyl groups is 2. The summed E-state index contributed by atoms with van der Waals surface area (Å²) < 4.78 is 5.89. The van der Waals surface area contributed by atoms with Crippen molar-refractivity contribution in [1.82, 2.24) is 4.98 Å². The molecule has 1 saturated carbocycles. The number of esters is 1. The van der Waals surface area contributed by atoms with Crippen molar-refractivity contribution in [3.8, 4) is 0 Å². The van der Waals surface area contributed by atoms with Crippen LogP contribution in [-0.2, 0) is 14.3 Å². The molecule has 1 spiro atoms. The molecule has 1 aliphatic heterocycles. The molecule has 2 N–H and O–H groups in total. The summed E-state index contributed by atoms with van der Waals surface area (Å²) in [6.07, 6.45) is 8.76. The highest BCUT2D eigenvalue weighted by Gasteiger charge is 2.53. The van der Waals surface area contributed by atoms with Gasteiger partial charge in [-0.3, -0.25) is 14.6 Å². The van der Waals surface area contributed by atoms with Gasteiger partial charge in [0.2, 0.25) is 0 Å². The van der Waals surface area contributed by atoms with Crippen molar-refractivity contribution in [2.75, 3.05) is 0 Å². The SMILES string of the molecule is CC[C@H]1C(=O)C2(CCC2)[C@@H](O)CC(=O)O[C@H](/C(C)=C/c2ccccn2)C/C=C(/C)CCC[C@H](C)[C@@H]1O. The molecule has 0 bridgehead atoms.